The van der Waals surface area contributed by atoms with Crippen molar-refractivity contribution < 1.29 is 9.53 Å². The summed E-state index contributed by atoms with van der Waals surface area (Å²) >= 11 is 0. The predicted molar refractivity (Wildman–Crippen MR) is 54.8 cm³/mol. The first-order valence-electron chi connectivity index (χ1n) is 5.12. The molecule has 1 fully saturated rings. The molecule has 0 aromatic rings. The molecule has 1 aliphatic carbocycles. The summed E-state index contributed by atoms with van der Waals surface area (Å²) in [4.78, 5) is 11.8. The number of carbonyl (C=O) groups is 1. The van der Waals surface area contributed by atoms with Gasteiger partial charge in [-0.1, -0.05) is 6.92 Å². The van der Waals surface area contributed by atoms with Crippen molar-refractivity contribution in [3.8, 4) is 0 Å². The molecular weight excluding hydrogens is 180 g/mol. The third-order valence-electron chi connectivity index (χ3n) is 2.94. The van der Waals surface area contributed by atoms with E-state index in [1.165, 1.54) is 0 Å². The van der Waals surface area contributed by atoms with Gasteiger partial charge in [-0.2, -0.15) is 0 Å². The van der Waals surface area contributed by atoms with Crippen molar-refractivity contribution in [3.63, 3.8) is 0 Å². The van der Waals surface area contributed by atoms with Crippen molar-refractivity contribution in [1.29, 1.82) is 0 Å². The summed E-state index contributed by atoms with van der Waals surface area (Å²) in [5.74, 6) is 0.724. The lowest BCUT2D eigenvalue weighted by molar-refractivity contribution is -0.138. The Balaban J connectivity index is 2.34. The molecule has 0 unspecified atom stereocenters. The number of ether oxygens (including phenoxy) is 1. The van der Waals surface area contributed by atoms with Crippen LogP contribution in [0, 0.1) is 11.3 Å². The van der Waals surface area contributed by atoms with Gasteiger partial charge in [0.05, 0.1) is 12.0 Å². The number of methoxy groups -OCH3 is 1. The Hall–Kier alpha value is -0.610. The van der Waals surface area contributed by atoms with Crippen LogP contribution < -0.4 is 11.1 Å². The minimum atomic E-state index is -0.285. The van der Waals surface area contributed by atoms with Crippen molar-refractivity contribution in [3.05, 3.63) is 0 Å². The largest absolute Gasteiger partial charge is 0.383 e. The number of carbonyl (C=O) groups excluding carboxylic acids is 1. The van der Waals surface area contributed by atoms with E-state index in [-0.39, 0.29) is 11.3 Å². The van der Waals surface area contributed by atoms with Gasteiger partial charge in [0.15, 0.2) is 0 Å². The fourth-order valence-electron chi connectivity index (χ4n) is 2.17. The zero-order chi connectivity index (χ0) is 10.6. The van der Waals surface area contributed by atoms with E-state index in [9.17, 15) is 4.79 Å². The van der Waals surface area contributed by atoms with E-state index in [4.69, 9.17) is 10.5 Å². The maximum atomic E-state index is 11.8. The summed E-state index contributed by atoms with van der Waals surface area (Å²) in [7, 11) is 1.62. The molecule has 14 heavy (non-hydrogen) atoms. The molecule has 0 aromatic heterocycles. The summed E-state index contributed by atoms with van der Waals surface area (Å²) < 4.78 is 4.87. The average Bonchev–Trinajstić information content (AvgIpc) is 2.12. The Kier molecular flexibility index (Phi) is 3.89. The second-order valence-corrected chi connectivity index (χ2v) is 4.25. The molecule has 0 heterocycles. The zero-order valence-electron chi connectivity index (χ0n) is 9.01. The monoisotopic (exact) mass is 200 g/mol. The van der Waals surface area contributed by atoms with E-state index in [0.29, 0.717) is 25.6 Å². The van der Waals surface area contributed by atoms with E-state index < -0.39 is 0 Å². The number of hydrogen-bond acceptors (Lipinski definition) is 3. The van der Waals surface area contributed by atoms with E-state index in [0.717, 1.165) is 12.8 Å². The van der Waals surface area contributed by atoms with Gasteiger partial charge >= 0.3 is 0 Å². The first kappa shape index (κ1) is 11.5. The number of rotatable bonds is 5. The lowest BCUT2D eigenvalue weighted by atomic mass is 9.62. The SMILES string of the molecule is COCCNC(=O)C1(CN)CC(C)C1. The molecule has 1 saturated carbocycles. The van der Waals surface area contributed by atoms with E-state index in [1.807, 2.05) is 0 Å². The van der Waals surface area contributed by atoms with E-state index in [1.54, 1.807) is 7.11 Å². The summed E-state index contributed by atoms with van der Waals surface area (Å²) in [6, 6.07) is 0. The van der Waals surface area contributed by atoms with Crippen LogP contribution >= 0.6 is 0 Å². The van der Waals surface area contributed by atoms with Gasteiger partial charge in [-0.25, -0.2) is 0 Å². The van der Waals surface area contributed by atoms with Crippen molar-refractivity contribution in [1.82, 2.24) is 5.32 Å². The topological polar surface area (TPSA) is 64.3 Å². The molecule has 0 spiro atoms. The molecule has 1 amide bonds. The first-order chi connectivity index (χ1) is 6.64. The van der Waals surface area contributed by atoms with Gasteiger partial charge in [-0.05, 0) is 18.8 Å². The summed E-state index contributed by atoms with van der Waals surface area (Å²) in [6.07, 6.45) is 1.84. The van der Waals surface area contributed by atoms with Crippen molar-refractivity contribution in [2.45, 2.75) is 19.8 Å². The Bertz CT molecular complexity index is 200. The fraction of sp³-hybridized carbons (Fsp3) is 0.900. The van der Waals surface area contributed by atoms with Gasteiger partial charge in [-0.3, -0.25) is 4.79 Å². The van der Waals surface area contributed by atoms with Crippen molar-refractivity contribution >= 4 is 5.91 Å². The Morgan fingerprint density at radius 1 is 1.64 bits per heavy atom. The quantitative estimate of drug-likeness (QED) is 0.620. The minimum Gasteiger partial charge on any atom is -0.383 e. The molecule has 0 atom stereocenters. The summed E-state index contributed by atoms with van der Waals surface area (Å²) in [6.45, 7) is 3.74. The van der Waals surface area contributed by atoms with Gasteiger partial charge in [0.2, 0.25) is 5.91 Å². The highest BCUT2D eigenvalue weighted by atomic mass is 16.5. The second kappa shape index (κ2) is 4.75. The molecule has 0 bridgehead atoms. The number of nitrogens with one attached hydrogen (secondary N) is 1. The molecule has 4 heteroatoms. The average molecular weight is 200 g/mol. The van der Waals surface area contributed by atoms with Crippen molar-refractivity contribution in [2.24, 2.45) is 17.1 Å². The van der Waals surface area contributed by atoms with Crippen molar-refractivity contribution in [2.75, 3.05) is 26.8 Å². The van der Waals surface area contributed by atoms with Gasteiger partial charge in [-0.15, -0.1) is 0 Å². The maximum absolute atomic E-state index is 11.8. The Morgan fingerprint density at radius 3 is 2.71 bits per heavy atom. The fourth-order valence-corrected chi connectivity index (χ4v) is 2.17. The molecule has 0 radical (unpaired) electrons. The highest BCUT2D eigenvalue weighted by Gasteiger charge is 2.46. The predicted octanol–water partition coefficient (Wildman–Crippen LogP) is 0.124. The molecule has 1 aliphatic rings. The van der Waals surface area contributed by atoms with Crippen LogP contribution in [0.25, 0.3) is 0 Å². The molecule has 0 saturated heterocycles. The third-order valence-corrected chi connectivity index (χ3v) is 2.94. The molecule has 4 nitrogen and oxygen atoms in total. The molecule has 1 rings (SSSR count). The second-order valence-electron chi connectivity index (χ2n) is 4.25. The van der Waals surface area contributed by atoms with Gasteiger partial charge in [0.25, 0.3) is 0 Å². The summed E-state index contributed by atoms with van der Waals surface area (Å²) in [5.41, 5.74) is 5.36. The zero-order valence-corrected chi connectivity index (χ0v) is 9.01. The standard InChI is InChI=1S/C10H20N2O2/c1-8-5-10(6-8,7-11)9(13)12-3-4-14-2/h8H,3-7,11H2,1-2H3,(H,12,13). The minimum absolute atomic E-state index is 0.0927. The van der Waals surface area contributed by atoms with Crippen LogP contribution in [0.15, 0.2) is 0 Å². The Morgan fingerprint density at radius 2 is 2.29 bits per heavy atom. The number of nitrogens with two attached hydrogens (primary N) is 1. The smallest absolute Gasteiger partial charge is 0.227 e. The maximum Gasteiger partial charge on any atom is 0.227 e. The molecular formula is C10H20N2O2. The van der Waals surface area contributed by atoms with Crippen LogP contribution in [-0.4, -0.2) is 32.7 Å². The highest BCUT2D eigenvalue weighted by molar-refractivity contribution is 5.83. The van der Waals surface area contributed by atoms with E-state index in [2.05, 4.69) is 12.2 Å². The molecule has 3 N–H and O–H groups in total. The normalized spacial score (nSPS) is 30.9. The highest BCUT2D eigenvalue weighted by Crippen LogP contribution is 2.44. The lowest BCUT2D eigenvalue weighted by Crippen LogP contribution is -2.53. The van der Waals surface area contributed by atoms with E-state index >= 15 is 0 Å². The summed E-state index contributed by atoms with van der Waals surface area (Å²) in [5, 5.41) is 2.85. The van der Waals surface area contributed by atoms with Crippen LogP contribution in [0.5, 0.6) is 0 Å². The lowest BCUT2D eigenvalue weighted by Gasteiger charge is -2.44. The van der Waals surface area contributed by atoms with Gasteiger partial charge in [0, 0.05) is 20.2 Å². The van der Waals surface area contributed by atoms with Gasteiger partial charge < -0.3 is 15.8 Å². The van der Waals surface area contributed by atoms with Crippen LogP contribution in [0.2, 0.25) is 0 Å². The van der Waals surface area contributed by atoms with Crippen LogP contribution in [-0.2, 0) is 9.53 Å². The van der Waals surface area contributed by atoms with Crippen LogP contribution in [0.3, 0.4) is 0 Å². The number of amides is 1. The molecule has 0 aromatic carbocycles. The third kappa shape index (κ3) is 2.25. The van der Waals surface area contributed by atoms with Crippen LogP contribution in [0.4, 0.5) is 0 Å². The molecule has 82 valence electrons. The number of hydrogen-bond donors (Lipinski definition) is 2. The Labute approximate surface area is 85.2 Å². The molecule has 0 aliphatic heterocycles. The first-order valence-corrected chi connectivity index (χ1v) is 5.12. The van der Waals surface area contributed by atoms with Gasteiger partial charge in [0.1, 0.15) is 0 Å². The van der Waals surface area contributed by atoms with Crippen LogP contribution in [0.1, 0.15) is 19.8 Å².